The third-order valence-corrected chi connectivity index (χ3v) is 6.70. The summed E-state index contributed by atoms with van der Waals surface area (Å²) in [7, 11) is 0. The summed E-state index contributed by atoms with van der Waals surface area (Å²) in [4.78, 5) is 11.7. The van der Waals surface area contributed by atoms with Gasteiger partial charge in [-0.15, -0.1) is 0 Å². The van der Waals surface area contributed by atoms with E-state index < -0.39 is 35.3 Å². The van der Waals surface area contributed by atoms with Crippen LogP contribution in [0.4, 0.5) is 0 Å². The monoisotopic (exact) mass is 456 g/mol. The van der Waals surface area contributed by atoms with Gasteiger partial charge in [0, 0.05) is 0 Å². The Labute approximate surface area is 195 Å². The molecule has 0 saturated carbocycles. The van der Waals surface area contributed by atoms with Crippen molar-refractivity contribution in [2.45, 2.75) is 147 Å². The highest BCUT2D eigenvalue weighted by Crippen LogP contribution is 2.36. The highest BCUT2D eigenvalue weighted by molar-refractivity contribution is 5.89. The highest BCUT2D eigenvalue weighted by atomic mass is 16.6. The molecule has 0 amide bonds. The number of aliphatic hydroxyl groups is 4. The van der Waals surface area contributed by atoms with Gasteiger partial charge in [0.1, 0.15) is 5.60 Å². The lowest BCUT2D eigenvalue weighted by Gasteiger charge is -2.37. The van der Waals surface area contributed by atoms with E-state index in [1.807, 2.05) is 0 Å². The van der Waals surface area contributed by atoms with Crippen LogP contribution in [-0.4, -0.2) is 44.2 Å². The van der Waals surface area contributed by atoms with Crippen molar-refractivity contribution in [3.63, 3.8) is 0 Å². The summed E-state index contributed by atoms with van der Waals surface area (Å²) in [5.41, 5.74) is -1.80. The maximum absolute atomic E-state index is 11.7. The fourth-order valence-corrected chi connectivity index (χ4v) is 4.52. The summed E-state index contributed by atoms with van der Waals surface area (Å²) in [5.74, 6) is -2.60. The second-order valence-corrected chi connectivity index (χ2v) is 9.51. The van der Waals surface area contributed by atoms with E-state index in [4.69, 9.17) is 4.74 Å². The molecule has 6 nitrogen and oxygen atoms in total. The predicted molar refractivity (Wildman–Crippen MR) is 128 cm³/mol. The second-order valence-electron chi connectivity index (χ2n) is 9.51. The summed E-state index contributed by atoms with van der Waals surface area (Å²) in [5, 5.41) is 42.0. The quantitative estimate of drug-likeness (QED) is 0.125. The van der Waals surface area contributed by atoms with Gasteiger partial charge in [0.15, 0.2) is 11.9 Å². The molecule has 1 rings (SSSR count). The molecule has 0 aromatic carbocycles. The average Bonchev–Trinajstić information content (AvgIpc) is 3.04. The molecular weight excluding hydrogens is 408 g/mol. The van der Waals surface area contributed by atoms with Gasteiger partial charge < -0.3 is 25.2 Å². The molecule has 1 heterocycles. The number of aliphatic hydroxyl groups excluding tert-OH is 3. The molecule has 0 bridgehead atoms. The summed E-state index contributed by atoms with van der Waals surface area (Å²) >= 11 is 0. The lowest BCUT2D eigenvalue weighted by molar-refractivity contribution is -0.175. The number of carbonyl (C=O) groups is 1. The summed E-state index contributed by atoms with van der Waals surface area (Å²) in [6, 6.07) is 0. The van der Waals surface area contributed by atoms with Crippen LogP contribution in [0.15, 0.2) is 11.5 Å². The van der Waals surface area contributed by atoms with Gasteiger partial charge in [0.05, 0.1) is 6.10 Å². The standard InChI is InChI=1S/C26H48O6/c1-3-5-7-9-11-13-15-17-19-21(27)26(31,24-22(28)23(29)25(30)32-24)20-18-16-14-12-10-8-6-4-2/h21,24,27-29,31H,3-20H2,1-2H3/t21?,24-,26-/m0/s1. The van der Waals surface area contributed by atoms with Crippen molar-refractivity contribution in [2.24, 2.45) is 0 Å². The topological polar surface area (TPSA) is 107 Å². The minimum atomic E-state index is -1.80. The number of esters is 1. The number of unbranched alkanes of at least 4 members (excludes halogenated alkanes) is 14. The van der Waals surface area contributed by atoms with Crippen LogP contribution in [0.5, 0.6) is 0 Å². The zero-order valence-corrected chi connectivity index (χ0v) is 20.5. The molecule has 1 unspecified atom stereocenters. The van der Waals surface area contributed by atoms with Crippen molar-refractivity contribution in [3.05, 3.63) is 11.5 Å². The Balaban J connectivity index is 2.52. The van der Waals surface area contributed by atoms with Crippen LogP contribution in [0, 0.1) is 0 Å². The molecule has 4 N–H and O–H groups in total. The summed E-state index contributed by atoms with van der Waals surface area (Å²) in [6.07, 6.45) is 15.7. The molecule has 32 heavy (non-hydrogen) atoms. The first-order valence-electron chi connectivity index (χ1n) is 13.1. The summed E-state index contributed by atoms with van der Waals surface area (Å²) < 4.78 is 5.05. The molecule has 188 valence electrons. The minimum Gasteiger partial charge on any atom is -0.505 e. The first-order chi connectivity index (χ1) is 15.4. The van der Waals surface area contributed by atoms with Crippen LogP contribution in [0.2, 0.25) is 0 Å². The van der Waals surface area contributed by atoms with Crippen LogP contribution in [-0.2, 0) is 9.53 Å². The normalized spacial score (nSPS) is 19.2. The van der Waals surface area contributed by atoms with Crippen LogP contribution in [0.25, 0.3) is 0 Å². The largest absolute Gasteiger partial charge is 0.505 e. The van der Waals surface area contributed by atoms with E-state index in [0.29, 0.717) is 12.8 Å². The van der Waals surface area contributed by atoms with Crippen molar-refractivity contribution in [3.8, 4) is 0 Å². The van der Waals surface area contributed by atoms with Crippen LogP contribution in [0.1, 0.15) is 129 Å². The van der Waals surface area contributed by atoms with Gasteiger partial charge in [-0.1, -0.05) is 117 Å². The number of hydrogen-bond acceptors (Lipinski definition) is 6. The van der Waals surface area contributed by atoms with Crippen LogP contribution >= 0.6 is 0 Å². The molecule has 0 aliphatic carbocycles. The Morgan fingerprint density at radius 1 is 0.781 bits per heavy atom. The summed E-state index contributed by atoms with van der Waals surface area (Å²) in [6.45, 7) is 4.39. The van der Waals surface area contributed by atoms with E-state index in [1.165, 1.54) is 57.8 Å². The van der Waals surface area contributed by atoms with Crippen molar-refractivity contribution >= 4 is 5.97 Å². The third kappa shape index (κ3) is 9.70. The zero-order valence-electron chi connectivity index (χ0n) is 20.5. The predicted octanol–water partition coefficient (Wildman–Crippen LogP) is 6.39. The number of carbonyl (C=O) groups excluding carboxylic acids is 1. The number of ether oxygens (including phenoxy) is 1. The number of rotatable bonds is 20. The molecule has 1 aliphatic heterocycles. The molecule has 0 aromatic heterocycles. The molecular formula is C26H48O6. The lowest BCUT2D eigenvalue weighted by atomic mass is 9.81. The average molecular weight is 457 g/mol. The van der Waals surface area contributed by atoms with Crippen molar-refractivity contribution < 1.29 is 30.0 Å². The molecule has 0 fully saturated rings. The second kappa shape index (κ2) is 16.4. The van der Waals surface area contributed by atoms with Gasteiger partial charge in [-0.25, -0.2) is 4.79 Å². The Morgan fingerprint density at radius 2 is 1.22 bits per heavy atom. The van der Waals surface area contributed by atoms with Crippen molar-refractivity contribution in [1.82, 2.24) is 0 Å². The molecule has 0 aromatic rings. The van der Waals surface area contributed by atoms with Crippen molar-refractivity contribution in [2.75, 3.05) is 0 Å². The van der Waals surface area contributed by atoms with E-state index >= 15 is 0 Å². The molecule has 6 heteroatoms. The SMILES string of the molecule is CCCCCCCCCCC(O)[C@@](O)(CCCCCCCCCC)[C@H]1OC(=O)C(O)=C1O. The van der Waals surface area contributed by atoms with Gasteiger partial charge in [-0.3, -0.25) is 0 Å². The Kier molecular flexibility index (Phi) is 14.7. The van der Waals surface area contributed by atoms with Gasteiger partial charge in [-0.05, 0) is 12.8 Å². The Morgan fingerprint density at radius 3 is 1.66 bits per heavy atom. The smallest absolute Gasteiger partial charge is 0.378 e. The first kappa shape index (κ1) is 28.8. The zero-order chi connectivity index (χ0) is 23.8. The van der Waals surface area contributed by atoms with E-state index in [-0.39, 0.29) is 6.42 Å². The molecule has 0 radical (unpaired) electrons. The van der Waals surface area contributed by atoms with E-state index in [0.717, 1.165) is 38.5 Å². The Bertz CT molecular complexity index is 546. The fraction of sp³-hybridized carbons (Fsp3) is 0.885. The Hall–Kier alpha value is -1.27. The van der Waals surface area contributed by atoms with E-state index in [2.05, 4.69) is 13.8 Å². The molecule has 1 aliphatic rings. The van der Waals surface area contributed by atoms with Gasteiger partial charge in [-0.2, -0.15) is 0 Å². The lowest BCUT2D eigenvalue weighted by Crippen LogP contribution is -2.53. The van der Waals surface area contributed by atoms with E-state index in [1.54, 1.807) is 0 Å². The third-order valence-electron chi connectivity index (χ3n) is 6.70. The van der Waals surface area contributed by atoms with Gasteiger partial charge in [0.2, 0.25) is 5.76 Å². The molecule has 0 saturated heterocycles. The highest BCUT2D eigenvalue weighted by Gasteiger charge is 2.52. The minimum absolute atomic E-state index is 0.204. The van der Waals surface area contributed by atoms with Crippen LogP contribution in [0.3, 0.4) is 0 Å². The first-order valence-corrected chi connectivity index (χ1v) is 13.1. The van der Waals surface area contributed by atoms with Gasteiger partial charge >= 0.3 is 5.97 Å². The van der Waals surface area contributed by atoms with Crippen molar-refractivity contribution in [1.29, 1.82) is 0 Å². The number of hydrogen-bond donors (Lipinski definition) is 4. The molecule has 3 atom stereocenters. The van der Waals surface area contributed by atoms with E-state index in [9.17, 15) is 25.2 Å². The maximum atomic E-state index is 11.7. The fourth-order valence-electron chi connectivity index (χ4n) is 4.52. The molecule has 0 spiro atoms. The maximum Gasteiger partial charge on any atom is 0.378 e. The number of cyclic esters (lactones) is 1. The van der Waals surface area contributed by atoms with Crippen LogP contribution < -0.4 is 0 Å². The van der Waals surface area contributed by atoms with Gasteiger partial charge in [0.25, 0.3) is 0 Å².